The Labute approximate surface area is 144 Å². The summed E-state index contributed by atoms with van der Waals surface area (Å²) in [6.45, 7) is 6.59. The maximum atomic E-state index is 13.8. The standard InChI is InChI=1S/C21H30O3/c1-19(2)15-11-12-5-4-6-14(22)17(12)13-7-9-20(3)10-8-16(24-19)21(13,15)18(20)23/h12-13,15-17H,4-11H2,1-3H3/t12-,13-,15+,16-,17-,20-,21-/m1/s1. The normalized spacial score (nSPS) is 55.0. The Bertz CT molecular complexity index is 623. The zero-order valence-corrected chi connectivity index (χ0v) is 15.3. The molecule has 1 heterocycles. The molecule has 3 nitrogen and oxygen atoms in total. The van der Waals surface area contributed by atoms with Crippen LogP contribution in [0.1, 0.15) is 72.1 Å². The van der Waals surface area contributed by atoms with Crippen molar-refractivity contribution in [3.63, 3.8) is 0 Å². The average Bonchev–Trinajstić information content (AvgIpc) is 2.76. The molecule has 0 radical (unpaired) electrons. The lowest BCUT2D eigenvalue weighted by molar-refractivity contribution is -0.182. The van der Waals surface area contributed by atoms with E-state index in [0.717, 1.165) is 44.9 Å². The number of rotatable bonds is 0. The second-order valence-corrected chi connectivity index (χ2v) is 10.1. The van der Waals surface area contributed by atoms with Crippen molar-refractivity contribution in [1.82, 2.24) is 0 Å². The lowest BCUT2D eigenvalue weighted by Gasteiger charge is -2.62. The number of carbonyl (C=O) groups excluding carboxylic acids is 2. The van der Waals surface area contributed by atoms with Gasteiger partial charge in [0.25, 0.3) is 0 Å². The Morgan fingerprint density at radius 2 is 1.79 bits per heavy atom. The SMILES string of the molecule is CC1(C)O[C@@H]2CC[C@@]3(C)CC[C@@H]4[C@@H]5C(=O)CCC[C@@H]5C[C@@H]1[C@]42C3=O. The van der Waals surface area contributed by atoms with Crippen LogP contribution in [-0.2, 0) is 14.3 Å². The van der Waals surface area contributed by atoms with Crippen molar-refractivity contribution in [2.24, 2.45) is 34.5 Å². The molecule has 1 spiro atoms. The third kappa shape index (κ3) is 1.59. The molecule has 2 bridgehead atoms. The van der Waals surface area contributed by atoms with E-state index in [4.69, 9.17) is 4.74 Å². The third-order valence-electron chi connectivity index (χ3n) is 8.76. The smallest absolute Gasteiger partial charge is 0.148 e. The minimum Gasteiger partial charge on any atom is -0.371 e. The molecule has 1 aliphatic heterocycles. The summed E-state index contributed by atoms with van der Waals surface area (Å²) in [7, 11) is 0. The van der Waals surface area contributed by atoms with Crippen LogP contribution in [0.3, 0.4) is 0 Å². The monoisotopic (exact) mass is 330 g/mol. The molecule has 5 rings (SSSR count). The van der Waals surface area contributed by atoms with Crippen LogP contribution in [-0.4, -0.2) is 23.3 Å². The van der Waals surface area contributed by atoms with Gasteiger partial charge in [-0.05, 0) is 70.6 Å². The van der Waals surface area contributed by atoms with E-state index in [1.54, 1.807) is 0 Å². The fourth-order valence-corrected chi connectivity index (χ4v) is 7.87. The maximum Gasteiger partial charge on any atom is 0.148 e. The highest BCUT2D eigenvalue weighted by molar-refractivity contribution is 5.95. The van der Waals surface area contributed by atoms with E-state index in [1.807, 2.05) is 0 Å². The minimum atomic E-state index is -0.358. The summed E-state index contributed by atoms with van der Waals surface area (Å²) >= 11 is 0. The fourth-order valence-electron chi connectivity index (χ4n) is 7.87. The van der Waals surface area contributed by atoms with Crippen molar-refractivity contribution in [2.45, 2.75) is 83.8 Å². The molecule has 0 unspecified atom stereocenters. The molecule has 5 fully saturated rings. The molecule has 4 saturated carbocycles. The molecule has 0 aromatic heterocycles. The van der Waals surface area contributed by atoms with Crippen molar-refractivity contribution in [3.8, 4) is 0 Å². The highest BCUT2D eigenvalue weighted by Crippen LogP contribution is 2.71. The van der Waals surface area contributed by atoms with Gasteiger partial charge in [0, 0.05) is 23.7 Å². The number of ketones is 2. The number of Topliss-reactive ketones (excluding diaryl/α,β-unsaturated/α-hetero) is 2. The third-order valence-corrected chi connectivity index (χ3v) is 8.76. The second kappa shape index (κ2) is 4.52. The zero-order valence-electron chi connectivity index (χ0n) is 15.3. The number of ether oxygens (including phenoxy) is 1. The summed E-state index contributed by atoms with van der Waals surface area (Å²) in [5, 5.41) is 0. The molecule has 0 aromatic carbocycles. The fraction of sp³-hybridized carbons (Fsp3) is 0.905. The molecule has 24 heavy (non-hydrogen) atoms. The predicted octanol–water partition coefficient (Wildman–Crippen LogP) is 3.93. The molecule has 7 atom stereocenters. The topological polar surface area (TPSA) is 43.4 Å². The van der Waals surface area contributed by atoms with Crippen LogP contribution in [0.25, 0.3) is 0 Å². The number of hydrogen-bond donors (Lipinski definition) is 0. The van der Waals surface area contributed by atoms with Gasteiger partial charge in [-0.15, -0.1) is 0 Å². The molecule has 132 valence electrons. The van der Waals surface area contributed by atoms with Crippen LogP contribution in [0.4, 0.5) is 0 Å². The molecule has 4 aliphatic carbocycles. The summed E-state index contributed by atoms with van der Waals surface area (Å²) in [6, 6.07) is 0. The van der Waals surface area contributed by atoms with E-state index >= 15 is 0 Å². The Hall–Kier alpha value is -0.700. The predicted molar refractivity (Wildman–Crippen MR) is 90.4 cm³/mol. The van der Waals surface area contributed by atoms with Gasteiger partial charge in [-0.3, -0.25) is 9.59 Å². The van der Waals surface area contributed by atoms with Crippen LogP contribution in [0.2, 0.25) is 0 Å². The quantitative estimate of drug-likeness (QED) is 0.676. The molecule has 3 heteroatoms. The van der Waals surface area contributed by atoms with E-state index in [2.05, 4.69) is 20.8 Å². The second-order valence-electron chi connectivity index (χ2n) is 10.1. The highest BCUT2D eigenvalue weighted by Gasteiger charge is 2.75. The van der Waals surface area contributed by atoms with Crippen molar-refractivity contribution in [3.05, 3.63) is 0 Å². The lowest BCUT2D eigenvalue weighted by Crippen LogP contribution is -2.67. The van der Waals surface area contributed by atoms with Crippen molar-refractivity contribution in [2.75, 3.05) is 0 Å². The molecular weight excluding hydrogens is 300 g/mol. The van der Waals surface area contributed by atoms with Crippen molar-refractivity contribution < 1.29 is 14.3 Å². The molecule has 5 aliphatic rings. The first-order valence-corrected chi connectivity index (χ1v) is 10.1. The summed E-state index contributed by atoms with van der Waals surface area (Å²) in [5.41, 5.74) is -0.755. The van der Waals surface area contributed by atoms with Crippen LogP contribution in [0, 0.1) is 34.5 Å². The molecule has 0 aromatic rings. The van der Waals surface area contributed by atoms with Gasteiger partial charge in [-0.25, -0.2) is 0 Å². The Morgan fingerprint density at radius 1 is 1.04 bits per heavy atom. The average molecular weight is 330 g/mol. The number of hydrogen-bond acceptors (Lipinski definition) is 3. The Kier molecular flexibility index (Phi) is 2.93. The summed E-state index contributed by atoms with van der Waals surface area (Å²) in [5.74, 6) is 2.11. The lowest BCUT2D eigenvalue weighted by atomic mass is 9.38. The van der Waals surface area contributed by atoms with Crippen LogP contribution < -0.4 is 0 Å². The summed E-state index contributed by atoms with van der Waals surface area (Å²) in [6.07, 6.45) is 8.04. The molecular formula is C21H30O3. The molecule has 1 saturated heterocycles. The largest absolute Gasteiger partial charge is 0.371 e. The van der Waals surface area contributed by atoms with Gasteiger partial charge in [0.05, 0.1) is 17.1 Å². The first-order valence-electron chi connectivity index (χ1n) is 10.1. The zero-order chi connectivity index (χ0) is 16.9. The minimum absolute atomic E-state index is 0.0547. The van der Waals surface area contributed by atoms with E-state index < -0.39 is 0 Å². The maximum absolute atomic E-state index is 13.8. The number of carbonyl (C=O) groups is 2. The van der Waals surface area contributed by atoms with Crippen LogP contribution in [0.15, 0.2) is 0 Å². The van der Waals surface area contributed by atoms with Gasteiger partial charge >= 0.3 is 0 Å². The van der Waals surface area contributed by atoms with E-state index in [1.165, 1.54) is 6.42 Å². The summed E-state index contributed by atoms with van der Waals surface area (Å²) in [4.78, 5) is 26.7. The van der Waals surface area contributed by atoms with E-state index in [9.17, 15) is 9.59 Å². The first kappa shape index (κ1) is 15.5. The summed E-state index contributed by atoms with van der Waals surface area (Å²) < 4.78 is 6.57. The van der Waals surface area contributed by atoms with Gasteiger partial charge in [-0.1, -0.05) is 6.92 Å². The van der Waals surface area contributed by atoms with Gasteiger partial charge in [-0.2, -0.15) is 0 Å². The van der Waals surface area contributed by atoms with Gasteiger partial charge in [0.1, 0.15) is 11.6 Å². The number of fused-ring (bicyclic) bond motifs is 3. The highest BCUT2D eigenvalue weighted by atomic mass is 16.5. The Balaban J connectivity index is 1.70. The van der Waals surface area contributed by atoms with Gasteiger partial charge < -0.3 is 4.74 Å². The van der Waals surface area contributed by atoms with E-state index in [-0.39, 0.29) is 34.4 Å². The first-order chi connectivity index (χ1) is 11.3. The van der Waals surface area contributed by atoms with E-state index in [0.29, 0.717) is 23.4 Å². The molecule has 0 amide bonds. The van der Waals surface area contributed by atoms with Crippen LogP contribution in [0.5, 0.6) is 0 Å². The van der Waals surface area contributed by atoms with Gasteiger partial charge in [0.15, 0.2) is 0 Å². The van der Waals surface area contributed by atoms with Crippen molar-refractivity contribution in [1.29, 1.82) is 0 Å². The Morgan fingerprint density at radius 3 is 2.58 bits per heavy atom. The van der Waals surface area contributed by atoms with Crippen molar-refractivity contribution >= 4 is 11.6 Å². The molecule has 0 N–H and O–H groups in total. The van der Waals surface area contributed by atoms with Gasteiger partial charge in [0.2, 0.25) is 0 Å². The van der Waals surface area contributed by atoms with Crippen LogP contribution >= 0.6 is 0 Å².